The molecule has 0 aliphatic rings. The highest BCUT2D eigenvalue weighted by atomic mass is 35.5. The van der Waals surface area contributed by atoms with Crippen molar-refractivity contribution in [1.82, 2.24) is 5.16 Å². The normalized spacial score (nSPS) is 10.8. The molecular weight excluding hydrogens is 291 g/mol. The van der Waals surface area contributed by atoms with Crippen LogP contribution in [0.3, 0.4) is 0 Å². The van der Waals surface area contributed by atoms with Crippen LogP contribution in [0, 0.1) is 12.7 Å². The summed E-state index contributed by atoms with van der Waals surface area (Å²) in [7, 11) is 0. The number of anilines is 1. The van der Waals surface area contributed by atoms with Crippen molar-refractivity contribution >= 4 is 17.4 Å². The Morgan fingerprint density at radius 3 is 2.57 bits per heavy atom. The van der Waals surface area contributed by atoms with E-state index < -0.39 is 5.82 Å². The minimum atomic E-state index is -0.466. The Morgan fingerprint density at radius 2 is 1.86 bits per heavy atom. The molecule has 0 saturated heterocycles. The zero-order chi connectivity index (χ0) is 15.0. The van der Waals surface area contributed by atoms with Crippen molar-refractivity contribution in [3.05, 3.63) is 58.9 Å². The SMILES string of the molecule is Cc1ccccc1-c1onc(N)c1-c1c(F)cccc1Cl. The van der Waals surface area contributed by atoms with E-state index in [4.69, 9.17) is 21.9 Å². The fraction of sp³-hybridized carbons (Fsp3) is 0.0625. The first kappa shape index (κ1) is 13.6. The fourth-order valence-corrected chi connectivity index (χ4v) is 2.55. The fourth-order valence-electron chi connectivity index (χ4n) is 2.29. The lowest BCUT2D eigenvalue weighted by Gasteiger charge is -2.08. The summed E-state index contributed by atoms with van der Waals surface area (Å²) in [6, 6.07) is 12.1. The molecule has 0 unspecified atom stereocenters. The summed E-state index contributed by atoms with van der Waals surface area (Å²) in [5.41, 5.74) is 8.23. The first-order valence-electron chi connectivity index (χ1n) is 6.35. The summed E-state index contributed by atoms with van der Waals surface area (Å²) in [4.78, 5) is 0. The van der Waals surface area contributed by atoms with Crippen LogP contribution < -0.4 is 5.73 Å². The van der Waals surface area contributed by atoms with Crippen molar-refractivity contribution < 1.29 is 8.91 Å². The molecule has 2 aromatic carbocycles. The Balaban J connectivity index is 2.31. The van der Waals surface area contributed by atoms with Crippen molar-refractivity contribution in [2.45, 2.75) is 6.92 Å². The molecule has 5 heteroatoms. The Hall–Kier alpha value is -2.33. The van der Waals surface area contributed by atoms with Crippen LogP contribution in [0.1, 0.15) is 5.56 Å². The zero-order valence-corrected chi connectivity index (χ0v) is 12.0. The predicted octanol–water partition coefficient (Wildman–Crippen LogP) is 4.69. The van der Waals surface area contributed by atoms with Crippen molar-refractivity contribution in [1.29, 1.82) is 0 Å². The lowest BCUT2D eigenvalue weighted by Crippen LogP contribution is -1.93. The first-order valence-corrected chi connectivity index (χ1v) is 6.73. The number of aromatic nitrogens is 1. The Labute approximate surface area is 126 Å². The van der Waals surface area contributed by atoms with E-state index in [1.165, 1.54) is 12.1 Å². The maximum Gasteiger partial charge on any atom is 0.177 e. The molecule has 0 fully saturated rings. The van der Waals surface area contributed by atoms with Gasteiger partial charge in [-0.25, -0.2) is 4.39 Å². The molecular formula is C16H12ClFN2O. The van der Waals surface area contributed by atoms with Crippen molar-refractivity contribution in [2.24, 2.45) is 0 Å². The Morgan fingerprint density at radius 1 is 1.10 bits per heavy atom. The van der Waals surface area contributed by atoms with Crippen LogP contribution >= 0.6 is 11.6 Å². The molecule has 1 aromatic heterocycles. The van der Waals surface area contributed by atoms with Crippen LogP contribution in [-0.4, -0.2) is 5.16 Å². The van der Waals surface area contributed by atoms with E-state index in [-0.39, 0.29) is 16.4 Å². The predicted molar refractivity (Wildman–Crippen MR) is 81.5 cm³/mol. The van der Waals surface area contributed by atoms with Crippen LogP contribution in [0.2, 0.25) is 5.02 Å². The molecule has 0 atom stereocenters. The van der Waals surface area contributed by atoms with Gasteiger partial charge < -0.3 is 10.3 Å². The zero-order valence-electron chi connectivity index (χ0n) is 11.2. The molecule has 0 amide bonds. The van der Waals surface area contributed by atoms with Gasteiger partial charge in [-0.15, -0.1) is 0 Å². The van der Waals surface area contributed by atoms with Crippen LogP contribution in [0.15, 0.2) is 47.0 Å². The molecule has 0 radical (unpaired) electrons. The molecule has 0 bridgehead atoms. The molecule has 3 aromatic rings. The van der Waals surface area contributed by atoms with Crippen LogP contribution in [-0.2, 0) is 0 Å². The highest BCUT2D eigenvalue weighted by Crippen LogP contribution is 2.41. The average Bonchev–Trinajstić information content (AvgIpc) is 2.81. The maximum atomic E-state index is 14.2. The molecule has 21 heavy (non-hydrogen) atoms. The lowest BCUT2D eigenvalue weighted by molar-refractivity contribution is 0.436. The third kappa shape index (κ3) is 2.28. The monoisotopic (exact) mass is 302 g/mol. The highest BCUT2D eigenvalue weighted by molar-refractivity contribution is 6.33. The van der Waals surface area contributed by atoms with Crippen LogP contribution in [0.25, 0.3) is 22.5 Å². The first-order chi connectivity index (χ1) is 10.1. The third-order valence-electron chi connectivity index (χ3n) is 3.32. The number of nitrogens with two attached hydrogens (primary N) is 1. The summed E-state index contributed by atoms with van der Waals surface area (Å²) in [5, 5.41) is 4.03. The van der Waals surface area contributed by atoms with Gasteiger partial charge in [-0.3, -0.25) is 0 Å². The molecule has 0 spiro atoms. The average molecular weight is 303 g/mol. The Bertz CT molecular complexity index is 794. The van der Waals surface area contributed by atoms with E-state index in [1.54, 1.807) is 6.07 Å². The lowest BCUT2D eigenvalue weighted by atomic mass is 9.98. The van der Waals surface area contributed by atoms with Gasteiger partial charge in [0.2, 0.25) is 0 Å². The van der Waals surface area contributed by atoms with Gasteiger partial charge in [-0.2, -0.15) is 0 Å². The topological polar surface area (TPSA) is 52.0 Å². The number of nitrogens with zero attached hydrogens (tertiary/aromatic N) is 1. The largest absolute Gasteiger partial charge is 0.380 e. The van der Waals surface area contributed by atoms with Gasteiger partial charge >= 0.3 is 0 Å². The van der Waals surface area contributed by atoms with E-state index in [2.05, 4.69) is 5.16 Å². The van der Waals surface area contributed by atoms with Crippen LogP contribution in [0.5, 0.6) is 0 Å². The second kappa shape index (κ2) is 5.22. The number of nitrogen functional groups attached to an aromatic ring is 1. The van der Waals surface area contributed by atoms with Crippen molar-refractivity contribution in [3.63, 3.8) is 0 Å². The number of aryl methyl sites for hydroxylation is 1. The van der Waals surface area contributed by atoms with Crippen molar-refractivity contribution in [3.8, 4) is 22.5 Å². The second-order valence-corrected chi connectivity index (χ2v) is 5.09. The van der Waals surface area contributed by atoms with E-state index >= 15 is 0 Å². The maximum absolute atomic E-state index is 14.2. The number of halogens is 2. The second-order valence-electron chi connectivity index (χ2n) is 4.68. The molecule has 0 aliphatic carbocycles. The Kier molecular flexibility index (Phi) is 3.39. The quantitative estimate of drug-likeness (QED) is 0.747. The van der Waals surface area contributed by atoms with Crippen molar-refractivity contribution in [2.75, 3.05) is 5.73 Å². The molecule has 106 valence electrons. The standard InChI is InChI=1S/C16H12ClFN2O/c1-9-5-2-3-6-10(9)15-14(16(19)20-21-15)13-11(17)7-4-8-12(13)18/h2-8H,1H3,(H2,19,20). The van der Waals surface area contributed by atoms with E-state index in [0.717, 1.165) is 11.1 Å². The van der Waals surface area contributed by atoms with Gasteiger partial charge in [-0.1, -0.05) is 47.1 Å². The van der Waals surface area contributed by atoms with Gasteiger partial charge in [0, 0.05) is 11.1 Å². The van der Waals surface area contributed by atoms with Gasteiger partial charge in [-0.05, 0) is 24.6 Å². The van der Waals surface area contributed by atoms with E-state index in [1.807, 2.05) is 31.2 Å². The smallest absolute Gasteiger partial charge is 0.177 e. The van der Waals surface area contributed by atoms with Gasteiger partial charge in [0.15, 0.2) is 11.6 Å². The molecule has 2 N–H and O–H groups in total. The molecule has 1 heterocycles. The van der Waals surface area contributed by atoms with Gasteiger partial charge in [0.25, 0.3) is 0 Å². The minimum Gasteiger partial charge on any atom is -0.380 e. The van der Waals surface area contributed by atoms with Gasteiger partial charge in [0.1, 0.15) is 5.82 Å². The number of rotatable bonds is 2. The summed E-state index contributed by atoms with van der Waals surface area (Å²) >= 11 is 6.13. The summed E-state index contributed by atoms with van der Waals surface area (Å²) < 4.78 is 19.5. The number of benzene rings is 2. The number of hydrogen-bond donors (Lipinski definition) is 1. The van der Waals surface area contributed by atoms with Crippen LogP contribution in [0.4, 0.5) is 10.2 Å². The van der Waals surface area contributed by atoms with E-state index in [0.29, 0.717) is 11.3 Å². The van der Waals surface area contributed by atoms with E-state index in [9.17, 15) is 4.39 Å². The highest BCUT2D eigenvalue weighted by Gasteiger charge is 2.23. The summed E-state index contributed by atoms with van der Waals surface area (Å²) in [6.45, 7) is 1.93. The summed E-state index contributed by atoms with van der Waals surface area (Å²) in [6.07, 6.45) is 0. The third-order valence-corrected chi connectivity index (χ3v) is 3.64. The molecule has 0 aliphatic heterocycles. The molecule has 0 saturated carbocycles. The van der Waals surface area contributed by atoms with Gasteiger partial charge in [0.05, 0.1) is 10.6 Å². The molecule has 3 rings (SSSR count). The minimum absolute atomic E-state index is 0.111. The number of hydrogen-bond acceptors (Lipinski definition) is 3. The summed E-state index contributed by atoms with van der Waals surface area (Å²) in [5.74, 6) is 0.0603. The molecule has 3 nitrogen and oxygen atoms in total.